The second-order valence-electron chi connectivity index (χ2n) is 5.30. The van der Waals surface area contributed by atoms with E-state index in [2.05, 4.69) is 0 Å². The normalized spacial score (nSPS) is 11.0. The van der Waals surface area contributed by atoms with Gasteiger partial charge in [0.05, 0.1) is 20.5 Å². The van der Waals surface area contributed by atoms with Crippen LogP contribution in [-0.2, 0) is 0 Å². The zero-order chi connectivity index (χ0) is 18.7. The maximum absolute atomic E-state index is 12.2. The summed E-state index contributed by atoms with van der Waals surface area (Å²) in [6, 6.07) is 14.0. The molecule has 130 valence electrons. The van der Waals surface area contributed by atoms with Crippen molar-refractivity contribution in [2.24, 2.45) is 0 Å². The van der Waals surface area contributed by atoms with Gasteiger partial charge in [0.15, 0.2) is 5.78 Å². The van der Waals surface area contributed by atoms with Gasteiger partial charge >= 0.3 is 0 Å². The lowest BCUT2D eigenvalue weighted by molar-refractivity contribution is -0.384. The van der Waals surface area contributed by atoms with Crippen molar-refractivity contribution in [2.75, 3.05) is 0 Å². The van der Waals surface area contributed by atoms with E-state index in [0.717, 1.165) is 0 Å². The van der Waals surface area contributed by atoms with Crippen LogP contribution in [0.25, 0.3) is 17.4 Å². The number of nitrogens with zero attached hydrogens (tertiary/aromatic N) is 1. The molecule has 3 aromatic rings. The minimum atomic E-state index is -0.549. The number of nitro groups is 1. The third-order valence-corrected chi connectivity index (χ3v) is 4.21. The van der Waals surface area contributed by atoms with Gasteiger partial charge in [0, 0.05) is 17.7 Å². The maximum atomic E-state index is 12.2. The van der Waals surface area contributed by atoms with Crippen LogP contribution < -0.4 is 0 Å². The van der Waals surface area contributed by atoms with Crippen LogP contribution in [0.2, 0.25) is 10.0 Å². The summed E-state index contributed by atoms with van der Waals surface area (Å²) in [4.78, 5) is 22.4. The first-order valence-corrected chi connectivity index (χ1v) is 8.22. The first-order valence-electron chi connectivity index (χ1n) is 7.47. The lowest BCUT2D eigenvalue weighted by atomic mass is 10.1. The van der Waals surface area contributed by atoms with Gasteiger partial charge in [-0.3, -0.25) is 14.9 Å². The van der Waals surface area contributed by atoms with E-state index in [1.54, 1.807) is 30.3 Å². The summed E-state index contributed by atoms with van der Waals surface area (Å²) >= 11 is 12.3. The molecular weight excluding hydrogens is 377 g/mol. The van der Waals surface area contributed by atoms with Crippen LogP contribution >= 0.6 is 23.2 Å². The van der Waals surface area contributed by atoms with Crippen molar-refractivity contribution in [1.29, 1.82) is 0 Å². The Morgan fingerprint density at radius 2 is 1.73 bits per heavy atom. The number of hydrogen-bond donors (Lipinski definition) is 0. The van der Waals surface area contributed by atoms with E-state index in [1.807, 2.05) is 0 Å². The Kier molecular flexibility index (Phi) is 5.21. The van der Waals surface area contributed by atoms with Gasteiger partial charge in [-0.1, -0.05) is 41.4 Å². The van der Waals surface area contributed by atoms with Crippen molar-refractivity contribution in [2.45, 2.75) is 0 Å². The lowest BCUT2D eigenvalue weighted by Gasteiger charge is -2.02. The van der Waals surface area contributed by atoms with E-state index < -0.39 is 4.92 Å². The molecule has 0 aliphatic carbocycles. The highest BCUT2D eigenvalue weighted by molar-refractivity contribution is 6.39. The largest absolute Gasteiger partial charge is 0.457 e. The Morgan fingerprint density at radius 3 is 2.42 bits per heavy atom. The summed E-state index contributed by atoms with van der Waals surface area (Å²) in [5.74, 6) is 0.528. The number of halogens is 2. The fourth-order valence-corrected chi connectivity index (χ4v) is 2.92. The summed E-state index contributed by atoms with van der Waals surface area (Å²) in [7, 11) is 0. The Bertz CT molecular complexity index is 1000. The molecule has 0 fully saturated rings. The second-order valence-corrected chi connectivity index (χ2v) is 6.12. The number of allylic oxidation sites excluding steroid dienone is 1. The molecule has 1 aromatic heterocycles. The molecule has 0 aliphatic heterocycles. The number of carbonyl (C=O) groups is 1. The quantitative estimate of drug-likeness (QED) is 0.231. The molecule has 0 N–H and O–H groups in total. The maximum Gasteiger partial charge on any atom is 0.270 e. The second kappa shape index (κ2) is 7.56. The standard InChI is InChI=1S/C19H11Cl2NO4/c20-15-5-2-6-16(21)19(15)18-10-8-14(26-18)7-9-17(23)12-3-1-4-13(11-12)22(24)25/h1-11H. The highest BCUT2D eigenvalue weighted by Crippen LogP contribution is 2.35. The number of furan rings is 1. The van der Waals surface area contributed by atoms with Crippen molar-refractivity contribution < 1.29 is 14.1 Å². The molecular formula is C19H11Cl2NO4. The molecule has 0 atom stereocenters. The van der Waals surface area contributed by atoms with Crippen LogP contribution in [0.4, 0.5) is 5.69 Å². The first kappa shape index (κ1) is 17.9. The van der Waals surface area contributed by atoms with Crippen molar-refractivity contribution in [1.82, 2.24) is 0 Å². The predicted molar refractivity (Wildman–Crippen MR) is 101 cm³/mol. The fourth-order valence-electron chi connectivity index (χ4n) is 2.34. The van der Waals surface area contributed by atoms with Crippen molar-refractivity contribution >= 4 is 40.7 Å². The molecule has 0 amide bonds. The highest BCUT2D eigenvalue weighted by Gasteiger charge is 2.12. The summed E-state index contributed by atoms with van der Waals surface area (Å²) < 4.78 is 5.66. The third kappa shape index (κ3) is 3.85. The summed E-state index contributed by atoms with van der Waals surface area (Å²) in [6.45, 7) is 0. The number of ketones is 1. The van der Waals surface area contributed by atoms with Crippen molar-refractivity contribution in [3.8, 4) is 11.3 Å². The molecule has 0 radical (unpaired) electrons. The molecule has 0 bridgehead atoms. The molecule has 7 heteroatoms. The van der Waals surface area contributed by atoms with Gasteiger partial charge in [-0.2, -0.15) is 0 Å². The molecule has 26 heavy (non-hydrogen) atoms. The zero-order valence-electron chi connectivity index (χ0n) is 13.2. The van der Waals surface area contributed by atoms with Crippen molar-refractivity contribution in [3.05, 3.63) is 92.2 Å². The van der Waals surface area contributed by atoms with Gasteiger partial charge in [0.1, 0.15) is 11.5 Å². The monoisotopic (exact) mass is 387 g/mol. The van der Waals surface area contributed by atoms with Crippen LogP contribution in [0.15, 0.2) is 65.1 Å². The van der Waals surface area contributed by atoms with E-state index in [4.69, 9.17) is 27.6 Å². The van der Waals surface area contributed by atoms with Crippen LogP contribution in [0, 0.1) is 10.1 Å². The van der Waals surface area contributed by atoms with Crippen LogP contribution in [-0.4, -0.2) is 10.7 Å². The number of carbonyl (C=O) groups excluding carboxylic acids is 1. The number of rotatable bonds is 5. The Hall–Kier alpha value is -2.89. The summed E-state index contributed by atoms with van der Waals surface area (Å²) in [5.41, 5.74) is 0.648. The molecule has 1 heterocycles. The van der Waals surface area contributed by atoms with Gasteiger partial charge in [-0.15, -0.1) is 0 Å². The van der Waals surface area contributed by atoms with E-state index >= 15 is 0 Å². The molecule has 2 aromatic carbocycles. The highest BCUT2D eigenvalue weighted by atomic mass is 35.5. The van der Waals surface area contributed by atoms with E-state index in [1.165, 1.54) is 36.4 Å². The Balaban J connectivity index is 1.82. The average Bonchev–Trinajstić information content (AvgIpc) is 3.08. The van der Waals surface area contributed by atoms with Crippen LogP contribution in [0.1, 0.15) is 16.1 Å². The molecule has 0 aliphatic rings. The molecule has 0 unspecified atom stereocenters. The average molecular weight is 388 g/mol. The van der Waals surface area contributed by atoms with Gasteiger partial charge in [-0.05, 0) is 36.4 Å². The minimum Gasteiger partial charge on any atom is -0.457 e. The third-order valence-electron chi connectivity index (χ3n) is 3.58. The first-order chi connectivity index (χ1) is 12.5. The minimum absolute atomic E-state index is 0.141. The Labute approximate surface area is 158 Å². The number of nitro benzene ring substituents is 1. The topological polar surface area (TPSA) is 73.3 Å². The SMILES string of the molecule is O=C(C=Cc1ccc(-c2c(Cl)cccc2Cl)o1)c1cccc([N+](=O)[O-])c1. The van der Waals surface area contributed by atoms with Gasteiger partial charge in [0.2, 0.25) is 0 Å². The summed E-state index contributed by atoms with van der Waals surface area (Å²) in [6.07, 6.45) is 2.77. The fraction of sp³-hybridized carbons (Fsp3) is 0. The molecule has 0 saturated heterocycles. The molecule has 5 nitrogen and oxygen atoms in total. The van der Waals surface area contributed by atoms with Crippen molar-refractivity contribution in [3.63, 3.8) is 0 Å². The van der Waals surface area contributed by atoms with Gasteiger partial charge in [0.25, 0.3) is 5.69 Å². The molecule has 3 rings (SSSR count). The zero-order valence-corrected chi connectivity index (χ0v) is 14.7. The van der Waals surface area contributed by atoms with Crippen LogP contribution in [0.5, 0.6) is 0 Å². The Morgan fingerprint density at radius 1 is 1.04 bits per heavy atom. The number of hydrogen-bond acceptors (Lipinski definition) is 4. The van der Waals surface area contributed by atoms with E-state index in [9.17, 15) is 14.9 Å². The van der Waals surface area contributed by atoms with Crippen LogP contribution in [0.3, 0.4) is 0 Å². The summed E-state index contributed by atoms with van der Waals surface area (Å²) in [5, 5.41) is 11.7. The predicted octanol–water partition coefficient (Wildman–Crippen LogP) is 6.06. The van der Waals surface area contributed by atoms with E-state index in [-0.39, 0.29) is 17.0 Å². The van der Waals surface area contributed by atoms with Gasteiger partial charge < -0.3 is 4.42 Å². The molecule has 0 saturated carbocycles. The molecule has 0 spiro atoms. The van der Waals surface area contributed by atoms with E-state index in [0.29, 0.717) is 27.1 Å². The number of benzene rings is 2. The number of non-ortho nitro benzene ring substituents is 1. The lowest BCUT2D eigenvalue weighted by Crippen LogP contribution is -1.96. The smallest absolute Gasteiger partial charge is 0.270 e. The van der Waals surface area contributed by atoms with Gasteiger partial charge in [-0.25, -0.2) is 0 Å².